The standard InChI is InChI=1S/C28H39NO4/c1-24(2,3)25(4,31)19-14-26-9-10-28(19,32)23-27(26)11-12-29(15-16-5-6-16)20(26)13-17-7-8-18(30)22(33-23)21(17)27/h7-8,16,19-20,23,30-32H,5-6,9-15H2,1-4H3/t19-,20?,23+,25-,26?,27-,28+/m0/s1. The van der Waals surface area contributed by atoms with Crippen molar-refractivity contribution in [2.45, 2.75) is 101 Å². The van der Waals surface area contributed by atoms with Crippen molar-refractivity contribution < 1.29 is 20.1 Å². The first-order valence-corrected chi connectivity index (χ1v) is 13.2. The molecule has 5 heteroatoms. The number of rotatable bonds is 3. The van der Waals surface area contributed by atoms with E-state index in [0.29, 0.717) is 18.2 Å². The van der Waals surface area contributed by atoms with Gasteiger partial charge in [0.15, 0.2) is 11.5 Å². The number of aromatic hydroxyl groups is 1. The fourth-order valence-electron chi connectivity index (χ4n) is 9.26. The number of aliphatic hydroxyl groups is 2. The van der Waals surface area contributed by atoms with Gasteiger partial charge in [0.1, 0.15) is 11.7 Å². The highest BCUT2D eigenvalue weighted by atomic mass is 16.5. The summed E-state index contributed by atoms with van der Waals surface area (Å²) in [6.07, 6.45) is 6.71. The Hall–Kier alpha value is -1.30. The molecule has 2 heterocycles. The van der Waals surface area contributed by atoms with Gasteiger partial charge in [-0.2, -0.15) is 0 Å². The van der Waals surface area contributed by atoms with Gasteiger partial charge < -0.3 is 20.1 Å². The lowest BCUT2D eigenvalue weighted by Crippen LogP contribution is -2.82. The smallest absolute Gasteiger partial charge is 0.165 e. The van der Waals surface area contributed by atoms with Crippen LogP contribution in [0, 0.1) is 22.7 Å². The lowest BCUT2D eigenvalue weighted by Gasteiger charge is -2.75. The van der Waals surface area contributed by atoms with Crippen LogP contribution >= 0.6 is 0 Å². The first-order valence-electron chi connectivity index (χ1n) is 13.2. The third kappa shape index (κ3) is 2.22. The number of likely N-dealkylation sites (tertiary alicyclic amines) is 1. The van der Waals surface area contributed by atoms with Crippen molar-refractivity contribution in [2.75, 3.05) is 13.1 Å². The average Bonchev–Trinajstić information content (AvgIpc) is 3.48. The molecule has 2 aliphatic heterocycles. The third-order valence-corrected chi connectivity index (χ3v) is 11.5. The van der Waals surface area contributed by atoms with Gasteiger partial charge in [-0.05, 0) is 81.4 Å². The highest BCUT2D eigenvalue weighted by Gasteiger charge is 2.81. The molecule has 5 aliphatic carbocycles. The Kier molecular flexibility index (Phi) is 3.76. The van der Waals surface area contributed by atoms with Crippen molar-refractivity contribution in [1.29, 1.82) is 0 Å². The van der Waals surface area contributed by atoms with Crippen molar-refractivity contribution in [3.63, 3.8) is 0 Å². The molecule has 5 fully saturated rings. The molecule has 1 aromatic rings. The van der Waals surface area contributed by atoms with Gasteiger partial charge >= 0.3 is 0 Å². The van der Waals surface area contributed by atoms with E-state index in [2.05, 4.69) is 31.7 Å². The van der Waals surface area contributed by atoms with Gasteiger partial charge in [0.2, 0.25) is 0 Å². The topological polar surface area (TPSA) is 73.2 Å². The Balaban J connectivity index is 1.46. The van der Waals surface area contributed by atoms with E-state index in [1.54, 1.807) is 6.07 Å². The van der Waals surface area contributed by atoms with Crippen LogP contribution in [-0.2, 0) is 11.8 Å². The van der Waals surface area contributed by atoms with Gasteiger partial charge in [-0.1, -0.05) is 26.8 Å². The minimum absolute atomic E-state index is 0.0404. The van der Waals surface area contributed by atoms with E-state index < -0.39 is 17.3 Å². The van der Waals surface area contributed by atoms with Crippen molar-refractivity contribution in [3.05, 3.63) is 23.3 Å². The number of phenols is 1. The van der Waals surface area contributed by atoms with Crippen molar-refractivity contribution >= 4 is 0 Å². The monoisotopic (exact) mass is 453 g/mol. The second-order valence-electron chi connectivity index (χ2n) is 13.6. The van der Waals surface area contributed by atoms with E-state index >= 15 is 0 Å². The van der Waals surface area contributed by atoms with Crippen LogP contribution in [0.1, 0.15) is 77.3 Å². The molecule has 7 aliphatic rings. The molecule has 0 aromatic heterocycles. The van der Waals surface area contributed by atoms with Crippen molar-refractivity contribution in [3.8, 4) is 11.5 Å². The molecule has 0 amide bonds. The molecule has 3 N–H and O–H groups in total. The molecule has 8 rings (SSSR count). The van der Waals surface area contributed by atoms with Crippen LogP contribution in [0.15, 0.2) is 12.1 Å². The Morgan fingerprint density at radius 1 is 1.12 bits per heavy atom. The Bertz CT molecular complexity index is 1040. The minimum Gasteiger partial charge on any atom is -0.504 e. The zero-order chi connectivity index (χ0) is 23.2. The number of phenolic OH excluding ortho intramolecular Hbond substituents is 1. The summed E-state index contributed by atoms with van der Waals surface area (Å²) in [5.74, 6) is 1.39. The summed E-state index contributed by atoms with van der Waals surface area (Å²) in [5, 5.41) is 35.3. The molecule has 33 heavy (non-hydrogen) atoms. The second kappa shape index (κ2) is 5.91. The second-order valence-corrected chi connectivity index (χ2v) is 13.6. The Morgan fingerprint density at radius 2 is 1.88 bits per heavy atom. The molecule has 7 atom stereocenters. The van der Waals surface area contributed by atoms with E-state index in [1.807, 2.05) is 6.92 Å². The molecule has 0 radical (unpaired) electrons. The van der Waals surface area contributed by atoms with E-state index in [1.165, 1.54) is 30.5 Å². The van der Waals surface area contributed by atoms with Crippen LogP contribution in [0.3, 0.4) is 0 Å². The van der Waals surface area contributed by atoms with Gasteiger partial charge in [0.25, 0.3) is 0 Å². The van der Waals surface area contributed by atoms with Crippen LogP contribution < -0.4 is 4.74 Å². The first-order chi connectivity index (χ1) is 15.5. The Morgan fingerprint density at radius 3 is 2.58 bits per heavy atom. The summed E-state index contributed by atoms with van der Waals surface area (Å²) in [6, 6.07) is 4.30. The molecule has 1 saturated heterocycles. The molecule has 5 nitrogen and oxygen atoms in total. The molecule has 2 unspecified atom stereocenters. The van der Waals surface area contributed by atoms with Gasteiger partial charge in [0.05, 0.1) is 5.60 Å². The summed E-state index contributed by atoms with van der Waals surface area (Å²) in [6.45, 7) is 10.4. The van der Waals surface area contributed by atoms with E-state index in [-0.39, 0.29) is 27.9 Å². The predicted molar refractivity (Wildman–Crippen MR) is 125 cm³/mol. The summed E-state index contributed by atoms with van der Waals surface area (Å²) in [4.78, 5) is 2.77. The SMILES string of the molecule is CC(C)(C)[C@@](C)(O)[C@@H]1CC23CC[C@]1(O)[C@@H]1Oc4c(O)ccc5c4[C@@]12CCN(CC1CC1)C3C5. The zero-order valence-electron chi connectivity index (χ0n) is 20.5. The van der Waals surface area contributed by atoms with Gasteiger partial charge in [0, 0.05) is 34.9 Å². The maximum atomic E-state index is 12.5. The molecule has 2 spiro atoms. The minimum atomic E-state index is -1.11. The van der Waals surface area contributed by atoms with Crippen LogP contribution in [0.2, 0.25) is 0 Å². The summed E-state index contributed by atoms with van der Waals surface area (Å²) >= 11 is 0. The van der Waals surface area contributed by atoms with E-state index in [0.717, 1.165) is 38.1 Å². The summed E-state index contributed by atoms with van der Waals surface area (Å²) in [7, 11) is 0. The maximum Gasteiger partial charge on any atom is 0.165 e. The van der Waals surface area contributed by atoms with Crippen LogP contribution in [0.4, 0.5) is 0 Å². The molecule has 4 saturated carbocycles. The van der Waals surface area contributed by atoms with E-state index in [4.69, 9.17) is 4.74 Å². The Labute approximate surface area is 197 Å². The number of hydrogen-bond donors (Lipinski definition) is 3. The fourth-order valence-corrected chi connectivity index (χ4v) is 9.26. The molecular weight excluding hydrogens is 414 g/mol. The highest BCUT2D eigenvalue weighted by molar-refractivity contribution is 5.63. The zero-order valence-corrected chi connectivity index (χ0v) is 20.5. The summed E-state index contributed by atoms with van der Waals surface area (Å²) in [5.41, 5.74) is -0.323. The fraction of sp³-hybridized carbons (Fsp3) is 0.786. The number of nitrogens with zero attached hydrogens (tertiary/aromatic N) is 1. The lowest BCUT2D eigenvalue weighted by molar-refractivity contribution is -0.305. The summed E-state index contributed by atoms with van der Waals surface area (Å²) < 4.78 is 6.68. The molecular formula is C28H39NO4. The number of hydrogen-bond acceptors (Lipinski definition) is 5. The number of benzene rings is 1. The average molecular weight is 454 g/mol. The van der Waals surface area contributed by atoms with Gasteiger partial charge in [-0.3, -0.25) is 4.90 Å². The maximum absolute atomic E-state index is 12.5. The van der Waals surface area contributed by atoms with Gasteiger partial charge in [-0.15, -0.1) is 0 Å². The molecule has 1 aromatic carbocycles. The third-order valence-electron chi connectivity index (χ3n) is 11.5. The van der Waals surface area contributed by atoms with Crippen LogP contribution in [0.25, 0.3) is 0 Å². The van der Waals surface area contributed by atoms with Crippen LogP contribution in [0.5, 0.6) is 11.5 Å². The molecule has 180 valence electrons. The van der Waals surface area contributed by atoms with Crippen molar-refractivity contribution in [1.82, 2.24) is 4.90 Å². The van der Waals surface area contributed by atoms with E-state index in [9.17, 15) is 15.3 Å². The van der Waals surface area contributed by atoms with Crippen LogP contribution in [-0.4, -0.2) is 56.7 Å². The first kappa shape index (κ1) is 21.0. The van der Waals surface area contributed by atoms with Gasteiger partial charge in [-0.25, -0.2) is 0 Å². The highest BCUT2D eigenvalue weighted by Crippen LogP contribution is 2.77. The number of fused-ring (bicyclic) bond motifs is 2. The normalized spacial score (nSPS) is 44.8. The predicted octanol–water partition coefficient (Wildman–Crippen LogP) is 3.76. The van der Waals surface area contributed by atoms with Crippen molar-refractivity contribution in [2.24, 2.45) is 22.7 Å². The molecule has 4 bridgehead atoms. The largest absolute Gasteiger partial charge is 0.504 e. The quantitative estimate of drug-likeness (QED) is 0.650. The lowest BCUT2D eigenvalue weighted by atomic mass is 9.33. The number of piperidine rings is 1. The number of ether oxygens (including phenoxy) is 1.